The van der Waals surface area contributed by atoms with E-state index in [0.29, 0.717) is 12.2 Å². The third-order valence-electron chi connectivity index (χ3n) is 2.04. The molecule has 0 heterocycles. The topological polar surface area (TPSA) is 50.7 Å². The Morgan fingerprint density at radius 1 is 1.41 bits per heavy atom. The molecule has 4 nitrogen and oxygen atoms in total. The van der Waals surface area contributed by atoms with Crippen LogP contribution in [0.4, 0.5) is 5.69 Å². The molecule has 0 saturated carbocycles. The number of nitrogens with one attached hydrogen (secondary N) is 1. The van der Waals surface area contributed by atoms with Crippen LogP contribution >= 0.6 is 11.8 Å². The SMILES string of the molecule is CCOC(=O)c1ccc(NC(=NC)SC)cc1. The van der Waals surface area contributed by atoms with Gasteiger partial charge < -0.3 is 10.1 Å². The first-order valence-electron chi connectivity index (χ1n) is 5.26. The molecule has 0 aliphatic carbocycles. The number of esters is 1. The molecule has 0 radical (unpaired) electrons. The molecule has 0 saturated heterocycles. The van der Waals surface area contributed by atoms with E-state index in [9.17, 15) is 4.79 Å². The molecule has 0 fully saturated rings. The van der Waals surface area contributed by atoms with Crippen molar-refractivity contribution in [2.24, 2.45) is 4.99 Å². The lowest BCUT2D eigenvalue weighted by atomic mass is 10.2. The summed E-state index contributed by atoms with van der Waals surface area (Å²) in [7, 11) is 1.73. The first-order chi connectivity index (χ1) is 8.21. The van der Waals surface area contributed by atoms with Gasteiger partial charge in [0.1, 0.15) is 0 Å². The fourth-order valence-corrected chi connectivity index (χ4v) is 1.63. The van der Waals surface area contributed by atoms with Crippen molar-refractivity contribution in [2.75, 3.05) is 25.2 Å². The lowest BCUT2D eigenvalue weighted by molar-refractivity contribution is 0.0526. The lowest BCUT2D eigenvalue weighted by Gasteiger charge is -2.07. The Hall–Kier alpha value is -1.49. The van der Waals surface area contributed by atoms with Crippen LogP contribution in [0.25, 0.3) is 0 Å². The monoisotopic (exact) mass is 252 g/mol. The largest absolute Gasteiger partial charge is 0.462 e. The maximum absolute atomic E-state index is 11.4. The maximum atomic E-state index is 11.4. The van der Waals surface area contributed by atoms with Gasteiger partial charge in [0.2, 0.25) is 0 Å². The number of rotatable bonds is 3. The number of benzene rings is 1. The summed E-state index contributed by atoms with van der Waals surface area (Å²) in [5.41, 5.74) is 1.45. The molecule has 0 spiro atoms. The van der Waals surface area contributed by atoms with Crippen molar-refractivity contribution in [2.45, 2.75) is 6.92 Å². The standard InChI is InChI=1S/C12H16N2O2S/c1-4-16-11(15)9-5-7-10(8-6-9)14-12(13-2)17-3/h5-8H,4H2,1-3H3,(H,13,14). The molecule has 92 valence electrons. The highest BCUT2D eigenvalue weighted by molar-refractivity contribution is 8.13. The molecule has 0 amide bonds. The molecule has 0 aliphatic rings. The van der Waals surface area contributed by atoms with Crippen molar-refractivity contribution in [3.05, 3.63) is 29.8 Å². The van der Waals surface area contributed by atoms with Gasteiger partial charge in [-0.3, -0.25) is 4.99 Å². The average molecular weight is 252 g/mol. The fraction of sp³-hybridized carbons (Fsp3) is 0.333. The van der Waals surface area contributed by atoms with Crippen LogP contribution in [0.1, 0.15) is 17.3 Å². The van der Waals surface area contributed by atoms with Crippen LogP contribution in [0.3, 0.4) is 0 Å². The highest BCUT2D eigenvalue weighted by atomic mass is 32.2. The number of amidine groups is 1. The van der Waals surface area contributed by atoms with Crippen molar-refractivity contribution < 1.29 is 9.53 Å². The van der Waals surface area contributed by atoms with Gasteiger partial charge in [0.15, 0.2) is 5.17 Å². The second kappa shape index (κ2) is 6.96. The van der Waals surface area contributed by atoms with Crippen LogP contribution in [0.5, 0.6) is 0 Å². The third kappa shape index (κ3) is 4.11. The Kier molecular flexibility index (Phi) is 5.56. The summed E-state index contributed by atoms with van der Waals surface area (Å²) in [5, 5.41) is 3.97. The van der Waals surface area contributed by atoms with Crippen molar-refractivity contribution in [3.8, 4) is 0 Å². The molecule has 1 N–H and O–H groups in total. The molecular formula is C12H16N2O2S. The number of carbonyl (C=O) groups excluding carboxylic acids is 1. The molecule has 1 rings (SSSR count). The summed E-state index contributed by atoms with van der Waals surface area (Å²) in [6.07, 6.45) is 1.95. The molecule has 17 heavy (non-hydrogen) atoms. The predicted molar refractivity (Wildman–Crippen MR) is 72.9 cm³/mol. The maximum Gasteiger partial charge on any atom is 0.338 e. The fourth-order valence-electron chi connectivity index (χ4n) is 1.23. The summed E-state index contributed by atoms with van der Waals surface area (Å²) in [4.78, 5) is 15.5. The van der Waals surface area contributed by atoms with Crippen molar-refractivity contribution >= 4 is 28.6 Å². The number of anilines is 1. The van der Waals surface area contributed by atoms with E-state index < -0.39 is 0 Å². The van der Waals surface area contributed by atoms with Crippen LogP contribution in [0.2, 0.25) is 0 Å². The molecular weight excluding hydrogens is 236 g/mol. The first-order valence-corrected chi connectivity index (χ1v) is 6.48. The molecule has 0 bridgehead atoms. The van der Waals surface area contributed by atoms with Gasteiger partial charge in [-0.15, -0.1) is 0 Å². The minimum Gasteiger partial charge on any atom is -0.462 e. The van der Waals surface area contributed by atoms with Gasteiger partial charge in [0.05, 0.1) is 12.2 Å². The molecule has 0 unspecified atom stereocenters. The van der Waals surface area contributed by atoms with Gasteiger partial charge in [0, 0.05) is 12.7 Å². The van der Waals surface area contributed by atoms with E-state index in [2.05, 4.69) is 10.3 Å². The molecule has 1 aromatic carbocycles. The van der Waals surface area contributed by atoms with E-state index >= 15 is 0 Å². The van der Waals surface area contributed by atoms with Gasteiger partial charge >= 0.3 is 5.97 Å². The van der Waals surface area contributed by atoms with Crippen LogP contribution in [0, 0.1) is 0 Å². The van der Waals surface area contributed by atoms with Gasteiger partial charge in [-0.25, -0.2) is 4.79 Å². The predicted octanol–water partition coefficient (Wildman–Crippen LogP) is 2.62. The Labute approximate surface area is 105 Å². The smallest absolute Gasteiger partial charge is 0.338 e. The molecule has 1 aromatic rings. The average Bonchev–Trinajstić information content (AvgIpc) is 2.37. The second-order valence-corrected chi connectivity index (χ2v) is 3.95. The normalized spacial score (nSPS) is 11.1. The van der Waals surface area contributed by atoms with E-state index in [1.54, 1.807) is 26.1 Å². The second-order valence-electron chi connectivity index (χ2n) is 3.16. The minimum absolute atomic E-state index is 0.298. The van der Waals surface area contributed by atoms with Gasteiger partial charge in [-0.2, -0.15) is 0 Å². The Morgan fingerprint density at radius 3 is 2.53 bits per heavy atom. The first kappa shape index (κ1) is 13.6. The summed E-state index contributed by atoms with van der Waals surface area (Å²) in [5.74, 6) is -0.298. The zero-order valence-electron chi connectivity index (χ0n) is 10.2. The van der Waals surface area contributed by atoms with Crippen molar-refractivity contribution in [3.63, 3.8) is 0 Å². The number of ether oxygens (including phenoxy) is 1. The number of carbonyl (C=O) groups is 1. The minimum atomic E-state index is -0.298. The van der Waals surface area contributed by atoms with Crippen molar-refractivity contribution in [1.29, 1.82) is 0 Å². The van der Waals surface area contributed by atoms with Crippen LogP contribution < -0.4 is 5.32 Å². The summed E-state index contributed by atoms with van der Waals surface area (Å²) in [6.45, 7) is 2.17. The number of aliphatic imine (C=N–C) groups is 1. The number of hydrogen-bond acceptors (Lipinski definition) is 4. The van der Waals surface area contributed by atoms with E-state index in [1.165, 1.54) is 11.8 Å². The van der Waals surface area contributed by atoms with Gasteiger partial charge in [-0.1, -0.05) is 11.8 Å². The summed E-state index contributed by atoms with van der Waals surface area (Å²) < 4.78 is 4.90. The van der Waals surface area contributed by atoms with Crippen LogP contribution in [0.15, 0.2) is 29.3 Å². The van der Waals surface area contributed by atoms with Gasteiger partial charge in [-0.05, 0) is 37.4 Å². The zero-order chi connectivity index (χ0) is 12.7. The lowest BCUT2D eigenvalue weighted by Crippen LogP contribution is -2.08. The Balaban J connectivity index is 2.71. The molecule has 0 atom stereocenters. The van der Waals surface area contributed by atoms with E-state index in [-0.39, 0.29) is 5.97 Å². The molecule has 0 aliphatic heterocycles. The molecule has 5 heteroatoms. The van der Waals surface area contributed by atoms with Gasteiger partial charge in [0.25, 0.3) is 0 Å². The molecule has 0 aromatic heterocycles. The number of nitrogens with zero attached hydrogens (tertiary/aromatic N) is 1. The Bertz CT molecular complexity index is 401. The highest BCUT2D eigenvalue weighted by Gasteiger charge is 2.05. The number of hydrogen-bond donors (Lipinski definition) is 1. The quantitative estimate of drug-likeness (QED) is 0.510. The number of thioether (sulfide) groups is 1. The van der Waals surface area contributed by atoms with E-state index in [0.717, 1.165) is 10.9 Å². The third-order valence-corrected chi connectivity index (χ3v) is 2.72. The van der Waals surface area contributed by atoms with Crippen LogP contribution in [-0.4, -0.2) is 31.0 Å². The summed E-state index contributed by atoms with van der Waals surface area (Å²) in [6, 6.07) is 7.11. The van der Waals surface area contributed by atoms with E-state index in [4.69, 9.17) is 4.74 Å². The van der Waals surface area contributed by atoms with Crippen LogP contribution in [-0.2, 0) is 4.74 Å². The Morgan fingerprint density at radius 2 is 2.06 bits per heavy atom. The van der Waals surface area contributed by atoms with Crippen molar-refractivity contribution in [1.82, 2.24) is 0 Å². The highest BCUT2D eigenvalue weighted by Crippen LogP contribution is 2.12. The zero-order valence-corrected chi connectivity index (χ0v) is 11.0. The summed E-state index contributed by atoms with van der Waals surface area (Å²) >= 11 is 1.53. The van der Waals surface area contributed by atoms with E-state index in [1.807, 2.05) is 18.4 Å².